The number of rotatable bonds is 6. The van der Waals surface area contributed by atoms with Gasteiger partial charge in [0.2, 0.25) is 0 Å². The van der Waals surface area contributed by atoms with Crippen LogP contribution >= 0.6 is 0 Å². The molecule has 2 aliphatic rings. The van der Waals surface area contributed by atoms with E-state index in [-0.39, 0.29) is 37.1 Å². The van der Waals surface area contributed by atoms with Crippen LogP contribution in [0.2, 0.25) is 39.3 Å². The minimum absolute atomic E-state index is 0.0749. The van der Waals surface area contributed by atoms with Crippen molar-refractivity contribution >= 4 is 28.6 Å². The van der Waals surface area contributed by atoms with Crippen molar-refractivity contribution in [3.05, 3.63) is 0 Å². The fraction of sp³-hybridized carbons (Fsp3) is 0.857. The second-order valence-electron chi connectivity index (χ2n) is 8.14. The molecule has 2 amide bonds. The monoisotopic (exact) mass is 374 g/mol. The van der Waals surface area contributed by atoms with E-state index in [1.54, 1.807) is 4.90 Å². The van der Waals surface area contributed by atoms with Gasteiger partial charge in [0, 0.05) is 6.42 Å². The topological polar surface area (TPSA) is 98.4 Å². The third-order valence-electron chi connectivity index (χ3n) is 3.60. The van der Waals surface area contributed by atoms with Crippen molar-refractivity contribution in [2.75, 3.05) is 13.3 Å². The molecule has 1 fully saturated rings. The summed E-state index contributed by atoms with van der Waals surface area (Å²) in [5.41, 5.74) is 5.54. The van der Waals surface area contributed by atoms with Gasteiger partial charge in [-0.15, -0.1) is 0 Å². The highest BCUT2D eigenvalue weighted by Gasteiger charge is 2.43. The van der Waals surface area contributed by atoms with Gasteiger partial charge in [-0.2, -0.15) is 0 Å². The zero-order valence-corrected chi connectivity index (χ0v) is 17.5. The van der Waals surface area contributed by atoms with E-state index in [1.807, 2.05) is 0 Å². The third-order valence-corrected chi connectivity index (χ3v) is 5.65. The van der Waals surface area contributed by atoms with Crippen LogP contribution in [0.5, 0.6) is 0 Å². The van der Waals surface area contributed by atoms with Crippen LogP contribution in [0.4, 0.5) is 4.79 Å². The fourth-order valence-corrected chi connectivity index (χ4v) is 4.43. The SMILES string of the molecule is C[Si](C)(C)OCC1OC(N2CN=C(N)NC2=O)CC1O[Si](C)(C)C. The zero-order valence-electron chi connectivity index (χ0n) is 15.5. The number of nitrogens with two attached hydrogens (primary N) is 1. The quantitative estimate of drug-likeness (QED) is 0.686. The molecule has 0 aromatic rings. The third kappa shape index (κ3) is 5.55. The molecule has 2 rings (SSSR count). The van der Waals surface area contributed by atoms with Crippen molar-refractivity contribution in [1.82, 2.24) is 10.2 Å². The summed E-state index contributed by atoms with van der Waals surface area (Å²) in [5.74, 6) is 0.141. The molecule has 0 spiro atoms. The molecule has 0 aliphatic carbocycles. The molecule has 0 aromatic carbocycles. The maximum atomic E-state index is 12.1. The van der Waals surface area contributed by atoms with Crippen LogP contribution in [-0.2, 0) is 13.6 Å². The average molecular weight is 375 g/mol. The van der Waals surface area contributed by atoms with Gasteiger partial charge in [0.1, 0.15) is 19.0 Å². The molecule has 0 radical (unpaired) electrons. The van der Waals surface area contributed by atoms with E-state index in [9.17, 15) is 4.79 Å². The molecule has 0 saturated carbocycles. The largest absolute Gasteiger partial charge is 0.415 e. The van der Waals surface area contributed by atoms with Gasteiger partial charge < -0.3 is 19.3 Å². The number of carbonyl (C=O) groups is 1. The first kappa shape index (κ1) is 19.4. The molecular formula is C14H30N4O4Si2. The summed E-state index contributed by atoms with van der Waals surface area (Å²) in [7, 11) is -3.39. The maximum absolute atomic E-state index is 12.1. The summed E-state index contributed by atoms with van der Waals surface area (Å²) in [4.78, 5) is 17.7. The predicted molar refractivity (Wildman–Crippen MR) is 97.7 cm³/mol. The van der Waals surface area contributed by atoms with Crippen molar-refractivity contribution < 1.29 is 18.4 Å². The first-order valence-corrected chi connectivity index (χ1v) is 15.1. The molecule has 3 N–H and O–H groups in total. The first-order chi connectivity index (χ1) is 10.9. The van der Waals surface area contributed by atoms with Crippen LogP contribution in [-0.4, -0.2) is 65.2 Å². The van der Waals surface area contributed by atoms with E-state index in [4.69, 9.17) is 19.3 Å². The van der Waals surface area contributed by atoms with Crippen LogP contribution in [0, 0.1) is 0 Å². The van der Waals surface area contributed by atoms with Crippen molar-refractivity contribution in [3.63, 3.8) is 0 Å². The number of urea groups is 1. The van der Waals surface area contributed by atoms with Crippen molar-refractivity contribution in [2.45, 2.75) is 64.1 Å². The molecule has 0 bridgehead atoms. The van der Waals surface area contributed by atoms with Crippen LogP contribution in [0.1, 0.15) is 6.42 Å². The fourth-order valence-electron chi connectivity index (χ4n) is 2.61. The van der Waals surface area contributed by atoms with E-state index in [0.29, 0.717) is 13.0 Å². The number of hydrogen-bond acceptors (Lipinski definition) is 6. The molecule has 10 heteroatoms. The number of amides is 2. The Morgan fingerprint density at radius 2 is 1.96 bits per heavy atom. The second-order valence-corrected chi connectivity index (χ2v) is 17.1. The van der Waals surface area contributed by atoms with Crippen molar-refractivity contribution in [3.8, 4) is 0 Å². The van der Waals surface area contributed by atoms with Gasteiger partial charge in [0.15, 0.2) is 22.6 Å². The zero-order chi connectivity index (χ0) is 18.1. The van der Waals surface area contributed by atoms with E-state index in [2.05, 4.69) is 49.6 Å². The lowest BCUT2D eigenvalue weighted by Gasteiger charge is -2.30. The molecule has 8 nitrogen and oxygen atoms in total. The number of nitrogens with one attached hydrogen (secondary N) is 1. The minimum atomic E-state index is -1.74. The molecular weight excluding hydrogens is 344 g/mol. The normalized spacial score (nSPS) is 28.8. The Bertz CT molecular complexity index is 504. The second kappa shape index (κ2) is 7.12. The van der Waals surface area contributed by atoms with Crippen LogP contribution < -0.4 is 11.1 Å². The van der Waals surface area contributed by atoms with E-state index < -0.39 is 16.6 Å². The highest BCUT2D eigenvalue weighted by molar-refractivity contribution is 6.70. The Kier molecular flexibility index (Phi) is 5.75. The average Bonchev–Trinajstić information content (AvgIpc) is 2.76. The summed E-state index contributed by atoms with van der Waals surface area (Å²) < 4.78 is 18.4. The summed E-state index contributed by atoms with van der Waals surface area (Å²) in [6, 6.07) is -0.286. The van der Waals surface area contributed by atoms with Gasteiger partial charge in [0.05, 0.1) is 12.7 Å². The summed E-state index contributed by atoms with van der Waals surface area (Å²) in [6.45, 7) is 13.6. The molecule has 0 aromatic heterocycles. The van der Waals surface area contributed by atoms with Gasteiger partial charge in [-0.1, -0.05) is 0 Å². The van der Waals surface area contributed by atoms with Crippen molar-refractivity contribution in [2.24, 2.45) is 10.7 Å². The number of nitrogens with zero attached hydrogens (tertiary/aromatic N) is 2. The van der Waals surface area contributed by atoms with Crippen LogP contribution in [0.15, 0.2) is 4.99 Å². The van der Waals surface area contributed by atoms with Gasteiger partial charge in [-0.3, -0.25) is 10.2 Å². The van der Waals surface area contributed by atoms with E-state index >= 15 is 0 Å². The molecule has 2 heterocycles. The lowest BCUT2D eigenvalue weighted by atomic mass is 10.2. The highest BCUT2D eigenvalue weighted by Crippen LogP contribution is 2.29. The lowest BCUT2D eigenvalue weighted by Crippen LogP contribution is -2.54. The Balaban J connectivity index is 2.06. The summed E-state index contributed by atoms with van der Waals surface area (Å²) >= 11 is 0. The Hall–Kier alpha value is -0.946. The molecule has 3 unspecified atom stereocenters. The number of aliphatic imine (C=N–C) groups is 1. The lowest BCUT2D eigenvalue weighted by molar-refractivity contribution is -0.0591. The van der Waals surface area contributed by atoms with Crippen LogP contribution in [0.3, 0.4) is 0 Å². The van der Waals surface area contributed by atoms with Crippen molar-refractivity contribution in [1.29, 1.82) is 0 Å². The molecule has 2 aliphatic heterocycles. The Labute approximate surface area is 146 Å². The van der Waals surface area contributed by atoms with Gasteiger partial charge in [-0.25, -0.2) is 9.79 Å². The van der Waals surface area contributed by atoms with Gasteiger partial charge >= 0.3 is 6.03 Å². The summed E-state index contributed by atoms with van der Waals surface area (Å²) in [6.07, 6.45) is -0.00987. The molecule has 138 valence electrons. The van der Waals surface area contributed by atoms with Crippen LogP contribution in [0.25, 0.3) is 0 Å². The van der Waals surface area contributed by atoms with E-state index in [0.717, 1.165) is 0 Å². The van der Waals surface area contributed by atoms with Gasteiger partial charge in [0.25, 0.3) is 0 Å². The number of guanidine groups is 1. The molecule has 1 saturated heterocycles. The Morgan fingerprint density at radius 1 is 1.29 bits per heavy atom. The Morgan fingerprint density at radius 3 is 2.50 bits per heavy atom. The number of carbonyl (C=O) groups excluding carboxylic acids is 1. The number of ether oxygens (including phenoxy) is 1. The summed E-state index contributed by atoms with van der Waals surface area (Å²) in [5, 5.41) is 2.52. The smallest absolute Gasteiger partial charge is 0.327 e. The molecule has 3 atom stereocenters. The molecule has 24 heavy (non-hydrogen) atoms. The number of hydrogen-bond donors (Lipinski definition) is 2. The van der Waals surface area contributed by atoms with Gasteiger partial charge in [-0.05, 0) is 39.3 Å². The first-order valence-electron chi connectivity index (χ1n) is 8.29. The predicted octanol–water partition coefficient (Wildman–Crippen LogP) is 1.47. The van der Waals surface area contributed by atoms with E-state index in [1.165, 1.54) is 0 Å². The minimum Gasteiger partial charge on any atom is -0.415 e. The standard InChI is InChI=1S/C14H30N4O4Si2/c1-23(2,3)20-8-11-10(22-24(4,5)6)7-12(21-11)18-9-16-13(15)17-14(18)19/h10-12H,7-9H2,1-6H3,(H3,15,16,17,19). The highest BCUT2D eigenvalue weighted by atomic mass is 28.4. The maximum Gasteiger partial charge on any atom is 0.327 e.